The molecule has 154 valence electrons. The fraction of sp³-hybridized carbons (Fsp3) is 0.269. The minimum atomic E-state index is -0.201. The Labute approximate surface area is 177 Å². The van der Waals surface area contributed by atoms with E-state index >= 15 is 0 Å². The Bertz CT molecular complexity index is 1030. The van der Waals surface area contributed by atoms with Crippen molar-refractivity contribution >= 4 is 5.91 Å². The summed E-state index contributed by atoms with van der Waals surface area (Å²) in [4.78, 5) is 12.5. The minimum Gasteiger partial charge on any atom is -0.485 e. The number of ether oxygens (including phenoxy) is 2. The number of benzene rings is 3. The molecule has 4 nitrogen and oxygen atoms in total. The first-order chi connectivity index (χ1) is 14.4. The Hall–Kier alpha value is -3.27. The lowest BCUT2D eigenvalue weighted by molar-refractivity contribution is 0.0940. The number of fused-ring (bicyclic) bond motifs is 1. The van der Waals surface area contributed by atoms with Gasteiger partial charge in [0.2, 0.25) is 0 Å². The molecule has 0 saturated carbocycles. The second-order valence-electron chi connectivity index (χ2n) is 8.37. The molecular weight excluding hydrogens is 374 g/mol. The van der Waals surface area contributed by atoms with Crippen LogP contribution in [0.1, 0.15) is 53.9 Å². The molecular formula is C26H27NO3. The molecule has 3 aromatic carbocycles. The van der Waals surface area contributed by atoms with E-state index in [1.54, 1.807) is 0 Å². The first kappa shape index (κ1) is 20.0. The normalized spacial score (nSPS) is 15.0. The fourth-order valence-corrected chi connectivity index (χ4v) is 3.72. The lowest BCUT2D eigenvalue weighted by Gasteiger charge is -2.18. The fourth-order valence-electron chi connectivity index (χ4n) is 3.72. The van der Waals surface area contributed by atoms with Crippen LogP contribution in [0.25, 0.3) is 0 Å². The quantitative estimate of drug-likeness (QED) is 0.596. The highest BCUT2D eigenvalue weighted by molar-refractivity contribution is 5.94. The lowest BCUT2D eigenvalue weighted by Crippen LogP contribution is -2.26. The maximum absolute atomic E-state index is 12.5. The number of rotatable bonds is 6. The molecule has 3 aromatic rings. The summed E-state index contributed by atoms with van der Waals surface area (Å²) in [5.74, 6) is 1.51. The van der Waals surface area contributed by atoms with Crippen LogP contribution in [0.15, 0.2) is 72.8 Å². The summed E-state index contributed by atoms with van der Waals surface area (Å²) in [5.41, 5.74) is 3.69. The molecule has 0 aromatic heterocycles. The topological polar surface area (TPSA) is 47.6 Å². The summed E-state index contributed by atoms with van der Waals surface area (Å²) in [6, 6.07) is 23.4. The molecule has 0 saturated heterocycles. The van der Waals surface area contributed by atoms with Gasteiger partial charge in [-0.2, -0.15) is 0 Å². The van der Waals surface area contributed by atoms with Crippen molar-refractivity contribution in [2.45, 2.75) is 45.4 Å². The van der Waals surface area contributed by atoms with Crippen LogP contribution >= 0.6 is 0 Å². The zero-order valence-electron chi connectivity index (χ0n) is 17.6. The molecule has 1 amide bonds. The number of para-hydroxylation sites is 1. The summed E-state index contributed by atoms with van der Waals surface area (Å²) < 4.78 is 12.1. The van der Waals surface area contributed by atoms with Gasteiger partial charge in [-0.15, -0.1) is 0 Å². The van der Waals surface area contributed by atoms with Crippen molar-refractivity contribution in [1.82, 2.24) is 5.32 Å². The van der Waals surface area contributed by atoms with Crippen LogP contribution in [0, 0.1) is 0 Å². The van der Waals surface area contributed by atoms with Gasteiger partial charge in [0.25, 0.3) is 5.91 Å². The van der Waals surface area contributed by atoms with Gasteiger partial charge in [0, 0.05) is 17.5 Å². The van der Waals surface area contributed by atoms with Gasteiger partial charge >= 0.3 is 0 Å². The third-order valence-corrected chi connectivity index (χ3v) is 5.31. The Kier molecular flexibility index (Phi) is 5.49. The summed E-state index contributed by atoms with van der Waals surface area (Å²) in [5, 5.41) is 3.04. The average Bonchev–Trinajstić information content (AvgIpc) is 3.07. The average molecular weight is 402 g/mol. The van der Waals surface area contributed by atoms with Gasteiger partial charge < -0.3 is 14.8 Å². The van der Waals surface area contributed by atoms with Gasteiger partial charge in [-0.3, -0.25) is 4.79 Å². The second kappa shape index (κ2) is 8.23. The third kappa shape index (κ3) is 4.48. The van der Waals surface area contributed by atoms with Crippen LogP contribution in [0.2, 0.25) is 0 Å². The van der Waals surface area contributed by atoms with E-state index < -0.39 is 0 Å². The minimum absolute atomic E-state index is 0.0499. The Morgan fingerprint density at radius 2 is 1.77 bits per heavy atom. The molecule has 1 aliphatic heterocycles. The van der Waals surface area contributed by atoms with Crippen LogP contribution in [0.5, 0.6) is 11.5 Å². The number of hydrogen-bond acceptors (Lipinski definition) is 3. The molecule has 0 fully saturated rings. The summed E-state index contributed by atoms with van der Waals surface area (Å²) in [6.45, 7) is 6.57. The predicted octanol–water partition coefficient (Wildman–Crippen LogP) is 5.47. The van der Waals surface area contributed by atoms with Gasteiger partial charge in [-0.25, -0.2) is 0 Å². The molecule has 30 heavy (non-hydrogen) atoms. The molecule has 1 aliphatic rings. The molecule has 1 atom stereocenters. The molecule has 1 N–H and O–H groups in total. The number of amides is 1. The smallest absolute Gasteiger partial charge is 0.251 e. The summed E-state index contributed by atoms with van der Waals surface area (Å²) in [6.07, 6.45) is 0.880. The molecule has 0 unspecified atom stereocenters. The van der Waals surface area contributed by atoms with Crippen molar-refractivity contribution in [3.05, 3.63) is 95.1 Å². The maximum atomic E-state index is 12.5. The van der Waals surface area contributed by atoms with E-state index in [0.29, 0.717) is 12.2 Å². The van der Waals surface area contributed by atoms with E-state index in [9.17, 15) is 4.79 Å². The molecule has 4 heteroatoms. The van der Waals surface area contributed by atoms with Gasteiger partial charge in [-0.05, 0) is 50.1 Å². The lowest BCUT2D eigenvalue weighted by atomic mass is 10.0. The van der Waals surface area contributed by atoms with Gasteiger partial charge in [0.15, 0.2) is 11.5 Å². The highest BCUT2D eigenvalue weighted by Gasteiger charge is 2.32. The van der Waals surface area contributed by atoms with Gasteiger partial charge in [-0.1, -0.05) is 54.6 Å². The van der Waals surface area contributed by atoms with E-state index in [1.165, 1.54) is 5.56 Å². The summed E-state index contributed by atoms with van der Waals surface area (Å²) in [7, 11) is 0. The van der Waals surface area contributed by atoms with E-state index in [-0.39, 0.29) is 17.6 Å². The highest BCUT2D eigenvalue weighted by Crippen LogP contribution is 2.41. The first-order valence-corrected chi connectivity index (χ1v) is 10.3. The number of carbonyl (C=O) groups excluding carboxylic acids is 1. The molecule has 1 heterocycles. The van der Waals surface area contributed by atoms with Crippen LogP contribution in [0.4, 0.5) is 0 Å². The van der Waals surface area contributed by atoms with E-state index in [2.05, 4.69) is 25.2 Å². The largest absolute Gasteiger partial charge is 0.485 e. The van der Waals surface area contributed by atoms with Crippen molar-refractivity contribution < 1.29 is 14.3 Å². The molecule has 0 radical (unpaired) electrons. The first-order valence-electron chi connectivity index (χ1n) is 10.3. The van der Waals surface area contributed by atoms with Gasteiger partial charge in [0.05, 0.1) is 6.04 Å². The number of hydrogen-bond donors (Lipinski definition) is 1. The molecule has 0 spiro atoms. The Balaban J connectivity index is 1.37. The Morgan fingerprint density at radius 1 is 1.03 bits per heavy atom. The third-order valence-electron chi connectivity index (χ3n) is 5.31. The summed E-state index contributed by atoms with van der Waals surface area (Å²) >= 11 is 0. The van der Waals surface area contributed by atoms with E-state index in [4.69, 9.17) is 9.47 Å². The van der Waals surface area contributed by atoms with Crippen LogP contribution in [0.3, 0.4) is 0 Å². The number of nitrogens with one attached hydrogen (secondary N) is 1. The molecule has 0 bridgehead atoms. The SMILES string of the molecule is C[C@@H](NC(=O)c1ccc(COc2cccc3c2OC(C)(C)C3)cc1)c1ccccc1. The van der Waals surface area contributed by atoms with Crippen LogP contribution < -0.4 is 14.8 Å². The highest BCUT2D eigenvalue weighted by atomic mass is 16.5. The van der Waals surface area contributed by atoms with Crippen molar-refractivity contribution in [2.24, 2.45) is 0 Å². The maximum Gasteiger partial charge on any atom is 0.251 e. The Morgan fingerprint density at radius 3 is 2.50 bits per heavy atom. The molecule has 0 aliphatic carbocycles. The van der Waals surface area contributed by atoms with Crippen molar-refractivity contribution in [2.75, 3.05) is 0 Å². The zero-order valence-corrected chi connectivity index (χ0v) is 17.6. The zero-order chi connectivity index (χ0) is 21.1. The van der Waals surface area contributed by atoms with Crippen LogP contribution in [-0.2, 0) is 13.0 Å². The van der Waals surface area contributed by atoms with Crippen LogP contribution in [-0.4, -0.2) is 11.5 Å². The van der Waals surface area contributed by atoms with Gasteiger partial charge in [0.1, 0.15) is 12.2 Å². The predicted molar refractivity (Wildman–Crippen MR) is 118 cm³/mol. The molecule has 4 rings (SSSR count). The van der Waals surface area contributed by atoms with E-state index in [1.807, 2.05) is 73.7 Å². The number of carbonyl (C=O) groups is 1. The van der Waals surface area contributed by atoms with Crippen molar-refractivity contribution in [3.8, 4) is 11.5 Å². The standard InChI is InChI=1S/C26H27NO3/c1-18(20-8-5-4-6-9-20)27-25(28)21-14-12-19(13-15-21)17-29-23-11-7-10-22-16-26(2,3)30-24(22)23/h4-15,18H,16-17H2,1-3H3,(H,27,28)/t18-/m1/s1. The monoisotopic (exact) mass is 401 g/mol. The van der Waals surface area contributed by atoms with Crippen molar-refractivity contribution in [1.29, 1.82) is 0 Å². The van der Waals surface area contributed by atoms with Crippen molar-refractivity contribution in [3.63, 3.8) is 0 Å². The second-order valence-corrected chi connectivity index (χ2v) is 8.37. The van der Waals surface area contributed by atoms with E-state index in [0.717, 1.165) is 29.0 Å².